The van der Waals surface area contributed by atoms with Crippen LogP contribution in [-0.4, -0.2) is 20.7 Å². The molecule has 0 aliphatic heterocycles. The standard InChI is InChI=1S/C11H12ClF3INO/c1-10(2,5-16)6-3-7(17-8(12)4-6)9(18)11(13,14)15/h3-4,9,18H,5H2,1-2H3. The van der Waals surface area contributed by atoms with Crippen molar-refractivity contribution >= 4 is 34.2 Å². The highest BCUT2D eigenvalue weighted by Gasteiger charge is 2.41. The van der Waals surface area contributed by atoms with Crippen LogP contribution in [0.25, 0.3) is 0 Å². The summed E-state index contributed by atoms with van der Waals surface area (Å²) in [5.41, 5.74) is -0.189. The Morgan fingerprint density at radius 1 is 1.39 bits per heavy atom. The van der Waals surface area contributed by atoms with Gasteiger partial charge < -0.3 is 5.11 Å². The van der Waals surface area contributed by atoms with E-state index in [9.17, 15) is 18.3 Å². The molecule has 1 aromatic rings. The Hall–Kier alpha value is -0.0800. The molecular weight excluding hydrogens is 381 g/mol. The van der Waals surface area contributed by atoms with Gasteiger partial charge in [-0.15, -0.1) is 0 Å². The van der Waals surface area contributed by atoms with E-state index in [0.29, 0.717) is 9.99 Å². The molecule has 1 N–H and O–H groups in total. The topological polar surface area (TPSA) is 33.1 Å². The van der Waals surface area contributed by atoms with Crippen LogP contribution in [0.15, 0.2) is 12.1 Å². The Bertz CT molecular complexity index is 437. The number of halogens is 5. The Balaban J connectivity index is 3.25. The lowest BCUT2D eigenvalue weighted by atomic mass is 9.87. The number of nitrogens with zero attached hydrogens (tertiary/aromatic N) is 1. The molecule has 1 unspecified atom stereocenters. The van der Waals surface area contributed by atoms with Crippen LogP contribution in [-0.2, 0) is 5.41 Å². The number of pyridine rings is 1. The minimum atomic E-state index is -4.75. The summed E-state index contributed by atoms with van der Waals surface area (Å²) in [5.74, 6) is 0. The molecule has 2 nitrogen and oxygen atoms in total. The lowest BCUT2D eigenvalue weighted by molar-refractivity contribution is -0.208. The van der Waals surface area contributed by atoms with Gasteiger partial charge in [0.1, 0.15) is 5.15 Å². The molecule has 0 aliphatic carbocycles. The number of hydrogen-bond donors (Lipinski definition) is 1. The van der Waals surface area contributed by atoms with Crippen LogP contribution in [0.2, 0.25) is 5.15 Å². The average molecular weight is 394 g/mol. The zero-order valence-corrected chi connectivity index (χ0v) is 12.6. The van der Waals surface area contributed by atoms with Crippen molar-refractivity contribution in [1.82, 2.24) is 4.98 Å². The largest absolute Gasteiger partial charge is 0.420 e. The first-order valence-corrected chi connectivity index (χ1v) is 6.97. The summed E-state index contributed by atoms with van der Waals surface area (Å²) in [6.07, 6.45) is -7.36. The fourth-order valence-electron chi connectivity index (χ4n) is 1.29. The third-order valence-electron chi connectivity index (χ3n) is 2.52. The Kier molecular flexibility index (Phi) is 4.88. The van der Waals surface area contributed by atoms with Crippen molar-refractivity contribution in [2.24, 2.45) is 0 Å². The van der Waals surface area contributed by atoms with Gasteiger partial charge in [0.2, 0.25) is 0 Å². The Morgan fingerprint density at radius 3 is 2.39 bits per heavy atom. The maximum absolute atomic E-state index is 12.4. The van der Waals surface area contributed by atoms with Gasteiger partial charge in [-0.2, -0.15) is 13.2 Å². The minimum Gasteiger partial charge on any atom is -0.378 e. The van der Waals surface area contributed by atoms with Crippen molar-refractivity contribution in [2.75, 3.05) is 4.43 Å². The van der Waals surface area contributed by atoms with E-state index in [2.05, 4.69) is 27.6 Å². The number of hydrogen-bond acceptors (Lipinski definition) is 2. The maximum Gasteiger partial charge on any atom is 0.420 e. The summed E-state index contributed by atoms with van der Waals surface area (Å²) in [6, 6.07) is 2.77. The highest BCUT2D eigenvalue weighted by atomic mass is 127. The normalized spacial score (nSPS) is 14.7. The van der Waals surface area contributed by atoms with Gasteiger partial charge in [-0.3, -0.25) is 0 Å². The monoisotopic (exact) mass is 393 g/mol. The minimum absolute atomic E-state index is 0.0521. The van der Waals surface area contributed by atoms with Gasteiger partial charge in [-0.1, -0.05) is 48.0 Å². The van der Waals surface area contributed by atoms with Gasteiger partial charge in [0.05, 0.1) is 5.69 Å². The van der Waals surface area contributed by atoms with Gasteiger partial charge in [-0.25, -0.2) is 4.98 Å². The first kappa shape index (κ1) is 16.0. The van der Waals surface area contributed by atoms with E-state index >= 15 is 0 Å². The lowest BCUT2D eigenvalue weighted by Crippen LogP contribution is -2.24. The molecule has 0 saturated heterocycles. The third kappa shape index (κ3) is 3.71. The summed E-state index contributed by atoms with van der Waals surface area (Å²) in [5, 5.41) is 9.14. The molecule has 0 aliphatic rings. The number of aliphatic hydroxyl groups is 1. The summed E-state index contributed by atoms with van der Waals surface area (Å²) in [6.45, 7) is 3.77. The number of aliphatic hydroxyl groups excluding tert-OH is 1. The van der Waals surface area contributed by atoms with Gasteiger partial charge in [0.25, 0.3) is 0 Å². The molecule has 7 heteroatoms. The molecule has 0 radical (unpaired) electrons. The molecule has 0 spiro atoms. The zero-order valence-electron chi connectivity index (χ0n) is 9.72. The predicted molar refractivity (Wildman–Crippen MR) is 72.2 cm³/mol. The van der Waals surface area contributed by atoms with Crippen molar-refractivity contribution < 1.29 is 18.3 Å². The average Bonchev–Trinajstić information content (AvgIpc) is 2.26. The highest BCUT2D eigenvalue weighted by Crippen LogP contribution is 2.35. The van der Waals surface area contributed by atoms with Crippen LogP contribution in [0.3, 0.4) is 0 Å². The molecule has 0 bridgehead atoms. The quantitative estimate of drug-likeness (QED) is 0.478. The second-order valence-corrected chi connectivity index (χ2v) is 5.72. The van der Waals surface area contributed by atoms with E-state index in [4.69, 9.17) is 11.6 Å². The van der Waals surface area contributed by atoms with E-state index in [1.165, 1.54) is 12.1 Å². The van der Waals surface area contributed by atoms with E-state index < -0.39 is 18.0 Å². The molecule has 0 amide bonds. The first-order chi connectivity index (χ1) is 8.08. The van der Waals surface area contributed by atoms with Crippen LogP contribution < -0.4 is 0 Å². The SMILES string of the molecule is CC(C)(CI)c1cc(Cl)nc(C(O)C(F)(F)F)c1. The van der Waals surface area contributed by atoms with E-state index in [-0.39, 0.29) is 10.6 Å². The van der Waals surface area contributed by atoms with Crippen LogP contribution >= 0.6 is 34.2 Å². The van der Waals surface area contributed by atoms with Crippen molar-refractivity contribution in [1.29, 1.82) is 0 Å². The van der Waals surface area contributed by atoms with Crippen molar-refractivity contribution in [3.63, 3.8) is 0 Å². The molecule has 1 heterocycles. The molecular formula is C11H12ClF3INO. The van der Waals surface area contributed by atoms with E-state index in [1.54, 1.807) is 0 Å². The molecule has 1 rings (SSSR count). The van der Waals surface area contributed by atoms with Gasteiger partial charge in [-0.05, 0) is 23.1 Å². The van der Waals surface area contributed by atoms with Gasteiger partial charge >= 0.3 is 6.18 Å². The van der Waals surface area contributed by atoms with E-state index in [1.807, 2.05) is 13.8 Å². The molecule has 1 aromatic heterocycles. The second kappa shape index (κ2) is 5.50. The zero-order chi connectivity index (χ0) is 14.1. The first-order valence-electron chi connectivity index (χ1n) is 5.06. The lowest BCUT2D eigenvalue weighted by Gasteiger charge is -2.24. The summed E-state index contributed by atoms with van der Waals surface area (Å²) >= 11 is 7.86. The van der Waals surface area contributed by atoms with Crippen LogP contribution in [0.4, 0.5) is 13.2 Å². The summed E-state index contributed by atoms with van der Waals surface area (Å²) in [7, 11) is 0. The van der Waals surface area contributed by atoms with Crippen molar-refractivity contribution in [3.05, 3.63) is 28.5 Å². The molecule has 18 heavy (non-hydrogen) atoms. The predicted octanol–water partition coefficient (Wildman–Crippen LogP) is 4.04. The van der Waals surface area contributed by atoms with Gasteiger partial charge in [0.15, 0.2) is 6.10 Å². The molecule has 102 valence electrons. The summed E-state index contributed by atoms with van der Waals surface area (Å²) in [4.78, 5) is 3.54. The maximum atomic E-state index is 12.4. The number of alkyl halides is 4. The van der Waals surface area contributed by atoms with Crippen molar-refractivity contribution in [3.8, 4) is 0 Å². The molecule has 0 fully saturated rings. The smallest absolute Gasteiger partial charge is 0.378 e. The fourth-order valence-corrected chi connectivity index (χ4v) is 1.95. The highest BCUT2D eigenvalue weighted by molar-refractivity contribution is 14.1. The number of rotatable bonds is 3. The number of aromatic nitrogens is 1. The fraction of sp³-hybridized carbons (Fsp3) is 0.545. The Labute approximate surface area is 122 Å². The van der Waals surface area contributed by atoms with Crippen molar-refractivity contribution in [2.45, 2.75) is 31.5 Å². The van der Waals surface area contributed by atoms with Crippen LogP contribution in [0.1, 0.15) is 31.2 Å². The van der Waals surface area contributed by atoms with Gasteiger partial charge in [0, 0.05) is 4.43 Å². The molecule has 0 aromatic carbocycles. The molecule has 1 atom stereocenters. The Morgan fingerprint density at radius 2 is 1.94 bits per heavy atom. The summed E-state index contributed by atoms with van der Waals surface area (Å²) < 4.78 is 38.0. The second-order valence-electron chi connectivity index (χ2n) is 4.57. The third-order valence-corrected chi connectivity index (χ3v) is 4.62. The van der Waals surface area contributed by atoms with E-state index in [0.717, 1.165) is 0 Å². The van der Waals surface area contributed by atoms with Crippen LogP contribution in [0.5, 0.6) is 0 Å². The molecule has 0 saturated carbocycles. The van der Waals surface area contributed by atoms with Crippen LogP contribution in [0, 0.1) is 0 Å².